The van der Waals surface area contributed by atoms with E-state index in [9.17, 15) is 13.2 Å². The van der Waals surface area contributed by atoms with E-state index in [0.29, 0.717) is 22.8 Å². The minimum Gasteiger partial charge on any atom is -0.330 e. The van der Waals surface area contributed by atoms with Gasteiger partial charge < -0.3 is 9.47 Å². The van der Waals surface area contributed by atoms with Crippen molar-refractivity contribution >= 4 is 27.3 Å². The highest BCUT2D eigenvalue weighted by Crippen LogP contribution is 2.22. The molecular weight excluding hydrogens is 470 g/mol. The van der Waals surface area contributed by atoms with Crippen molar-refractivity contribution in [3.63, 3.8) is 0 Å². The van der Waals surface area contributed by atoms with Crippen molar-refractivity contribution in [2.75, 3.05) is 0 Å². The summed E-state index contributed by atoms with van der Waals surface area (Å²) in [6.45, 7) is 10.6. The van der Waals surface area contributed by atoms with Crippen LogP contribution in [0.1, 0.15) is 54.9 Å². The molecule has 0 saturated heterocycles. The number of carbonyl (C=O) groups excluding carboxylic acids is 1. The lowest BCUT2D eigenvalue weighted by molar-refractivity contribution is 0.0685. The number of rotatable bonds is 9. The van der Waals surface area contributed by atoms with Gasteiger partial charge in [-0.2, -0.15) is 0 Å². The van der Waals surface area contributed by atoms with E-state index < -0.39 is 9.84 Å². The fourth-order valence-electron chi connectivity index (χ4n) is 3.86. The van der Waals surface area contributed by atoms with Gasteiger partial charge in [-0.3, -0.25) is 4.79 Å². The van der Waals surface area contributed by atoms with Gasteiger partial charge in [-0.1, -0.05) is 61.3 Å². The molecule has 0 aliphatic carbocycles. The summed E-state index contributed by atoms with van der Waals surface area (Å²) in [5, 5.41) is 0.528. The van der Waals surface area contributed by atoms with Crippen LogP contribution in [-0.2, 0) is 28.7 Å². The van der Waals surface area contributed by atoms with E-state index >= 15 is 0 Å². The van der Waals surface area contributed by atoms with E-state index in [1.165, 1.54) is 0 Å². The monoisotopic (exact) mass is 501 g/mol. The predicted octanol–water partition coefficient (Wildman–Crippen LogP) is 5.53. The molecule has 0 spiro atoms. The van der Waals surface area contributed by atoms with E-state index in [0.717, 1.165) is 11.1 Å². The average Bonchev–Trinajstić information content (AvgIpc) is 3.13. The molecule has 182 valence electrons. The number of halogens is 1. The molecule has 8 heteroatoms. The third kappa shape index (κ3) is 6.27. The first-order chi connectivity index (χ1) is 16.0. The fourth-order valence-corrected chi connectivity index (χ4v) is 5.54. The Hall–Kier alpha value is -2.64. The standard InChI is InChI=1S/C26H32ClN3O3S/c1-18(2)15-30-24(16-29(19(3)4)25(31)22-10-7-11-23(27)13-22)14-28-26(30)34(32,33)17-21-9-6-8-20(5)12-21/h6-14,18-19H,15-17H2,1-5H3. The van der Waals surface area contributed by atoms with Gasteiger partial charge in [-0.15, -0.1) is 0 Å². The lowest BCUT2D eigenvalue weighted by Gasteiger charge is -2.28. The van der Waals surface area contributed by atoms with Crippen molar-refractivity contribution in [3.05, 3.63) is 82.1 Å². The van der Waals surface area contributed by atoms with Crippen molar-refractivity contribution in [3.8, 4) is 0 Å². The van der Waals surface area contributed by atoms with Gasteiger partial charge in [0.1, 0.15) is 0 Å². The number of hydrogen-bond acceptors (Lipinski definition) is 4. The van der Waals surface area contributed by atoms with E-state index in [1.54, 1.807) is 39.9 Å². The summed E-state index contributed by atoms with van der Waals surface area (Å²) < 4.78 is 28.5. The van der Waals surface area contributed by atoms with Crippen LogP contribution in [0.25, 0.3) is 0 Å². The summed E-state index contributed by atoms with van der Waals surface area (Å²) in [5.41, 5.74) is 2.90. The Morgan fingerprint density at radius 3 is 2.41 bits per heavy atom. The number of imidazole rings is 1. The van der Waals surface area contributed by atoms with E-state index in [4.69, 9.17) is 11.6 Å². The second kappa shape index (κ2) is 10.7. The van der Waals surface area contributed by atoms with Gasteiger partial charge >= 0.3 is 0 Å². The van der Waals surface area contributed by atoms with Gasteiger partial charge in [0.05, 0.1) is 24.2 Å². The molecule has 0 bridgehead atoms. The van der Waals surface area contributed by atoms with Crippen LogP contribution in [0.15, 0.2) is 59.9 Å². The molecule has 6 nitrogen and oxygen atoms in total. The van der Waals surface area contributed by atoms with Crippen molar-refractivity contribution in [2.45, 2.75) is 64.7 Å². The zero-order valence-electron chi connectivity index (χ0n) is 20.3. The molecule has 34 heavy (non-hydrogen) atoms. The zero-order chi connectivity index (χ0) is 25.0. The van der Waals surface area contributed by atoms with Gasteiger partial charge in [0.2, 0.25) is 15.0 Å². The third-order valence-electron chi connectivity index (χ3n) is 5.45. The van der Waals surface area contributed by atoms with Gasteiger partial charge in [0.25, 0.3) is 5.91 Å². The van der Waals surface area contributed by atoms with Crippen LogP contribution >= 0.6 is 11.6 Å². The number of benzene rings is 2. The minimum atomic E-state index is -3.69. The molecule has 0 N–H and O–H groups in total. The fraction of sp³-hybridized carbons (Fsp3) is 0.385. The number of carbonyl (C=O) groups is 1. The Morgan fingerprint density at radius 1 is 1.09 bits per heavy atom. The largest absolute Gasteiger partial charge is 0.330 e. The van der Waals surface area contributed by atoms with Crippen LogP contribution < -0.4 is 0 Å². The Kier molecular flexibility index (Phi) is 8.21. The molecule has 0 unspecified atom stereocenters. The van der Waals surface area contributed by atoms with Crippen LogP contribution in [0.2, 0.25) is 5.02 Å². The molecule has 1 aromatic heterocycles. The summed E-state index contributed by atoms with van der Waals surface area (Å²) in [6.07, 6.45) is 1.58. The van der Waals surface area contributed by atoms with Crippen LogP contribution in [0.5, 0.6) is 0 Å². The number of aromatic nitrogens is 2. The molecule has 0 fully saturated rings. The second-order valence-corrected chi connectivity index (χ2v) is 11.6. The van der Waals surface area contributed by atoms with Crippen LogP contribution in [0.3, 0.4) is 0 Å². The topological polar surface area (TPSA) is 72.3 Å². The molecule has 0 saturated carbocycles. The normalized spacial score (nSPS) is 11.9. The molecule has 3 rings (SSSR count). The van der Waals surface area contributed by atoms with Gasteiger partial charge in [0.15, 0.2) is 0 Å². The summed E-state index contributed by atoms with van der Waals surface area (Å²) >= 11 is 6.09. The average molecular weight is 502 g/mol. The highest BCUT2D eigenvalue weighted by Gasteiger charge is 2.27. The smallest absolute Gasteiger partial charge is 0.254 e. The maximum Gasteiger partial charge on any atom is 0.254 e. The highest BCUT2D eigenvalue weighted by atomic mass is 35.5. The summed E-state index contributed by atoms with van der Waals surface area (Å²) in [6, 6.07) is 14.2. The number of sulfone groups is 1. The van der Waals surface area contributed by atoms with E-state index in [1.807, 2.05) is 58.9 Å². The quantitative estimate of drug-likeness (QED) is 0.386. The summed E-state index contributed by atoms with van der Waals surface area (Å²) in [5.74, 6) is -0.102. The van der Waals surface area contributed by atoms with Crippen molar-refractivity contribution in [2.24, 2.45) is 5.92 Å². The molecule has 1 amide bonds. The van der Waals surface area contributed by atoms with Crippen LogP contribution in [0.4, 0.5) is 0 Å². The lowest BCUT2D eigenvalue weighted by Crippen LogP contribution is -2.37. The second-order valence-electron chi connectivity index (χ2n) is 9.32. The Balaban J connectivity index is 1.97. The molecule has 0 radical (unpaired) electrons. The summed E-state index contributed by atoms with van der Waals surface area (Å²) in [4.78, 5) is 19.3. The van der Waals surface area contributed by atoms with E-state index in [2.05, 4.69) is 4.98 Å². The first-order valence-electron chi connectivity index (χ1n) is 11.4. The SMILES string of the molecule is Cc1cccc(CS(=O)(=O)c2ncc(CN(C(=O)c3cccc(Cl)c3)C(C)C)n2CC(C)C)c1. The van der Waals surface area contributed by atoms with Crippen LogP contribution in [0, 0.1) is 12.8 Å². The first kappa shape index (κ1) is 26.0. The highest BCUT2D eigenvalue weighted by molar-refractivity contribution is 7.90. The van der Waals surface area contributed by atoms with E-state index in [-0.39, 0.29) is 35.3 Å². The van der Waals surface area contributed by atoms with Gasteiger partial charge in [0, 0.05) is 23.2 Å². The number of aryl methyl sites for hydroxylation is 1. The molecule has 3 aromatic rings. The maximum absolute atomic E-state index is 13.4. The molecule has 0 aliphatic rings. The maximum atomic E-state index is 13.4. The van der Waals surface area contributed by atoms with Crippen molar-refractivity contribution < 1.29 is 13.2 Å². The number of nitrogens with zero attached hydrogens (tertiary/aromatic N) is 3. The molecule has 0 atom stereocenters. The molecule has 1 heterocycles. The molecule has 2 aromatic carbocycles. The Labute approximate surface area is 207 Å². The number of amides is 1. The minimum absolute atomic E-state index is 0.0385. The Morgan fingerprint density at radius 2 is 1.79 bits per heavy atom. The third-order valence-corrected chi connectivity index (χ3v) is 7.29. The van der Waals surface area contributed by atoms with Crippen molar-refractivity contribution in [1.82, 2.24) is 14.5 Å². The molecular formula is C26H32ClN3O3S. The lowest BCUT2D eigenvalue weighted by atomic mass is 10.1. The molecule has 0 aliphatic heterocycles. The van der Waals surface area contributed by atoms with Gasteiger partial charge in [-0.25, -0.2) is 13.4 Å². The Bertz CT molecular complexity index is 1270. The van der Waals surface area contributed by atoms with Crippen LogP contribution in [-0.4, -0.2) is 34.8 Å². The number of hydrogen-bond donors (Lipinski definition) is 0. The van der Waals surface area contributed by atoms with Crippen molar-refractivity contribution in [1.29, 1.82) is 0 Å². The predicted molar refractivity (Wildman–Crippen MR) is 136 cm³/mol. The zero-order valence-corrected chi connectivity index (χ0v) is 21.9. The van der Waals surface area contributed by atoms with Gasteiger partial charge in [-0.05, 0) is 50.5 Å². The summed E-state index contributed by atoms with van der Waals surface area (Å²) in [7, 11) is -3.69. The first-order valence-corrected chi connectivity index (χ1v) is 13.4.